The molecule has 1 amide bonds. The number of pyridine rings is 1. The van der Waals surface area contributed by atoms with E-state index in [0.717, 1.165) is 37.8 Å². The second-order valence-corrected chi connectivity index (χ2v) is 11.8. The van der Waals surface area contributed by atoms with Crippen molar-refractivity contribution in [2.75, 3.05) is 43.8 Å². The summed E-state index contributed by atoms with van der Waals surface area (Å²) in [7, 11) is -3.51. The molecular formula is C27H33N7O3S. The lowest BCUT2D eigenvalue weighted by Gasteiger charge is -2.15. The highest BCUT2D eigenvalue weighted by Gasteiger charge is 2.27. The first kappa shape index (κ1) is 26.2. The van der Waals surface area contributed by atoms with Crippen LogP contribution < -0.4 is 11.1 Å². The van der Waals surface area contributed by atoms with Gasteiger partial charge in [0, 0.05) is 24.8 Å². The van der Waals surface area contributed by atoms with Crippen LogP contribution >= 0.6 is 0 Å². The third kappa shape index (κ3) is 6.01. The summed E-state index contributed by atoms with van der Waals surface area (Å²) in [6.45, 7) is 4.52. The Morgan fingerprint density at radius 3 is 2.42 bits per heavy atom. The number of hydrogen-bond donors (Lipinski definition) is 2. The molecule has 1 aromatic carbocycles. The molecule has 5 rings (SSSR count). The maximum Gasteiger partial charge on any atom is 0.278 e. The molecule has 2 aromatic heterocycles. The fourth-order valence-corrected chi connectivity index (χ4v) is 6.49. The Hall–Kier alpha value is -3.41. The van der Waals surface area contributed by atoms with E-state index in [2.05, 4.69) is 25.2 Å². The van der Waals surface area contributed by atoms with E-state index in [1.807, 2.05) is 12.3 Å². The number of likely N-dealkylation sites (tertiary alicyclic amines) is 1. The molecule has 2 aliphatic rings. The molecule has 11 heteroatoms. The summed E-state index contributed by atoms with van der Waals surface area (Å²) >= 11 is 0. The fraction of sp³-hybridized carbons (Fsp3) is 0.407. The second-order valence-electron chi connectivity index (χ2n) is 9.81. The lowest BCUT2D eigenvalue weighted by molar-refractivity contribution is 0.102. The van der Waals surface area contributed by atoms with Crippen LogP contribution in [0.3, 0.4) is 0 Å². The van der Waals surface area contributed by atoms with Gasteiger partial charge in [0.1, 0.15) is 0 Å². The number of nitrogens with zero attached hydrogens (tertiary/aromatic N) is 5. The standard InChI is InChI=1S/C27H33N7O3S/c28-26-25(27(35)31-22-16-20(17-29-18-22)6-5-13-33-11-1-2-12-33)32-24(19-30-26)21-7-9-23(10-8-21)38(36,37)34-14-3-4-15-34/h7-10,16-19H,1-6,11-15H2,(H2,28,30)(H,31,35). The van der Waals surface area contributed by atoms with Crippen LogP contribution in [0.4, 0.5) is 11.5 Å². The first-order valence-corrected chi connectivity index (χ1v) is 14.5. The Labute approximate surface area is 223 Å². The summed E-state index contributed by atoms with van der Waals surface area (Å²) in [5.41, 5.74) is 8.66. The quantitative estimate of drug-likeness (QED) is 0.427. The van der Waals surface area contributed by atoms with Crippen molar-refractivity contribution in [2.45, 2.75) is 43.4 Å². The number of aromatic nitrogens is 3. The van der Waals surface area contributed by atoms with E-state index in [9.17, 15) is 13.2 Å². The largest absolute Gasteiger partial charge is 0.382 e. The topological polar surface area (TPSA) is 134 Å². The first-order valence-electron chi connectivity index (χ1n) is 13.1. The zero-order valence-corrected chi connectivity index (χ0v) is 22.2. The van der Waals surface area contributed by atoms with Gasteiger partial charge in [-0.15, -0.1) is 0 Å². The molecule has 2 saturated heterocycles. The van der Waals surface area contributed by atoms with Crippen LogP contribution in [-0.2, 0) is 16.4 Å². The van der Waals surface area contributed by atoms with Crippen LogP contribution in [0, 0.1) is 0 Å². The van der Waals surface area contributed by atoms with Gasteiger partial charge < -0.3 is 16.0 Å². The molecule has 10 nitrogen and oxygen atoms in total. The van der Waals surface area contributed by atoms with Crippen LogP contribution in [0.15, 0.2) is 53.8 Å². The molecular weight excluding hydrogens is 502 g/mol. The molecule has 200 valence electrons. The van der Waals surface area contributed by atoms with E-state index >= 15 is 0 Å². The minimum atomic E-state index is -3.51. The van der Waals surface area contributed by atoms with Gasteiger partial charge in [0.2, 0.25) is 10.0 Å². The van der Waals surface area contributed by atoms with Crippen molar-refractivity contribution in [3.8, 4) is 11.3 Å². The number of rotatable bonds is 9. The third-order valence-corrected chi connectivity index (χ3v) is 8.97. The van der Waals surface area contributed by atoms with Gasteiger partial charge in [-0.05, 0) is 81.9 Å². The summed E-state index contributed by atoms with van der Waals surface area (Å²) in [6, 6.07) is 8.37. The van der Waals surface area contributed by atoms with Crippen LogP contribution in [0.25, 0.3) is 11.3 Å². The van der Waals surface area contributed by atoms with E-state index in [4.69, 9.17) is 5.73 Å². The SMILES string of the molecule is Nc1ncc(-c2ccc(S(=O)(=O)N3CCCC3)cc2)nc1C(=O)Nc1cncc(CCCN2CCCC2)c1. The van der Waals surface area contributed by atoms with Crippen LogP contribution in [-0.4, -0.2) is 71.2 Å². The molecule has 38 heavy (non-hydrogen) atoms. The molecule has 0 unspecified atom stereocenters. The van der Waals surface area contributed by atoms with E-state index < -0.39 is 15.9 Å². The number of anilines is 2. The van der Waals surface area contributed by atoms with Gasteiger partial charge in [-0.3, -0.25) is 9.78 Å². The molecule has 0 bridgehead atoms. The number of carbonyl (C=O) groups is 1. The summed E-state index contributed by atoms with van der Waals surface area (Å²) in [4.78, 5) is 28.6. The summed E-state index contributed by atoms with van der Waals surface area (Å²) < 4.78 is 27.1. The summed E-state index contributed by atoms with van der Waals surface area (Å²) in [5, 5.41) is 2.83. The van der Waals surface area contributed by atoms with Crippen LogP contribution in [0.2, 0.25) is 0 Å². The highest BCUT2D eigenvalue weighted by Crippen LogP contribution is 2.25. The molecule has 4 heterocycles. The van der Waals surface area contributed by atoms with E-state index in [1.165, 1.54) is 36.4 Å². The smallest absolute Gasteiger partial charge is 0.278 e. The maximum absolute atomic E-state index is 13.0. The van der Waals surface area contributed by atoms with Crippen molar-refractivity contribution in [2.24, 2.45) is 0 Å². The van der Waals surface area contributed by atoms with Gasteiger partial charge in [-0.1, -0.05) is 12.1 Å². The van der Waals surface area contributed by atoms with Crippen molar-refractivity contribution in [1.82, 2.24) is 24.2 Å². The van der Waals surface area contributed by atoms with Crippen molar-refractivity contribution in [3.63, 3.8) is 0 Å². The summed E-state index contributed by atoms with van der Waals surface area (Å²) in [6.07, 6.45) is 11.1. The van der Waals surface area contributed by atoms with E-state index in [1.54, 1.807) is 30.5 Å². The van der Waals surface area contributed by atoms with E-state index in [-0.39, 0.29) is 16.4 Å². The zero-order valence-electron chi connectivity index (χ0n) is 21.3. The Morgan fingerprint density at radius 1 is 0.974 bits per heavy atom. The Balaban J connectivity index is 1.26. The van der Waals surface area contributed by atoms with Crippen molar-refractivity contribution < 1.29 is 13.2 Å². The minimum absolute atomic E-state index is 0.00398. The van der Waals surface area contributed by atoms with Gasteiger partial charge in [0.15, 0.2) is 11.5 Å². The number of nitrogens with one attached hydrogen (secondary N) is 1. The molecule has 2 fully saturated rings. The molecule has 0 saturated carbocycles. The van der Waals surface area contributed by atoms with Crippen LogP contribution in [0.1, 0.15) is 48.2 Å². The van der Waals surface area contributed by atoms with Gasteiger partial charge in [0.25, 0.3) is 5.91 Å². The highest BCUT2D eigenvalue weighted by atomic mass is 32.2. The second kappa shape index (κ2) is 11.5. The number of sulfonamides is 1. The Bertz CT molecular complexity index is 1380. The monoisotopic (exact) mass is 535 g/mol. The van der Waals surface area contributed by atoms with Gasteiger partial charge in [-0.2, -0.15) is 4.31 Å². The molecule has 3 N–H and O–H groups in total. The highest BCUT2D eigenvalue weighted by molar-refractivity contribution is 7.89. The number of nitrogens with two attached hydrogens (primary N) is 1. The van der Waals surface area contributed by atoms with Crippen molar-refractivity contribution in [3.05, 3.63) is 60.2 Å². The van der Waals surface area contributed by atoms with Crippen molar-refractivity contribution >= 4 is 27.4 Å². The lowest BCUT2D eigenvalue weighted by atomic mass is 10.1. The number of nitrogen functional groups attached to an aromatic ring is 1. The van der Waals surface area contributed by atoms with Crippen LogP contribution in [0.5, 0.6) is 0 Å². The molecule has 0 aliphatic carbocycles. The first-order chi connectivity index (χ1) is 18.4. The minimum Gasteiger partial charge on any atom is -0.382 e. The average Bonchev–Trinajstić information content (AvgIpc) is 3.65. The van der Waals surface area contributed by atoms with E-state index in [0.29, 0.717) is 30.0 Å². The predicted molar refractivity (Wildman–Crippen MR) is 146 cm³/mol. The normalized spacial score (nSPS) is 16.6. The molecule has 0 radical (unpaired) electrons. The number of aryl methyl sites for hydroxylation is 1. The molecule has 0 atom stereocenters. The number of carbonyl (C=O) groups excluding carboxylic acids is 1. The van der Waals surface area contributed by atoms with Gasteiger partial charge in [-0.25, -0.2) is 18.4 Å². The van der Waals surface area contributed by atoms with Gasteiger partial charge >= 0.3 is 0 Å². The molecule has 2 aliphatic heterocycles. The average molecular weight is 536 g/mol. The third-order valence-electron chi connectivity index (χ3n) is 7.06. The number of hydrogen-bond acceptors (Lipinski definition) is 8. The Kier molecular flexibility index (Phi) is 7.96. The van der Waals surface area contributed by atoms with Crippen molar-refractivity contribution in [1.29, 1.82) is 0 Å². The molecule has 0 spiro atoms. The maximum atomic E-state index is 13.0. The van der Waals surface area contributed by atoms with Gasteiger partial charge in [0.05, 0.1) is 28.7 Å². The Morgan fingerprint density at radius 2 is 1.68 bits per heavy atom. The fourth-order valence-electron chi connectivity index (χ4n) is 4.98. The predicted octanol–water partition coefficient (Wildman–Crippen LogP) is 3.19. The lowest BCUT2D eigenvalue weighted by Crippen LogP contribution is -2.27. The summed E-state index contributed by atoms with van der Waals surface area (Å²) in [5.74, 6) is -0.477. The number of amides is 1. The zero-order chi connectivity index (χ0) is 26.5. The number of benzene rings is 1. The molecule has 3 aromatic rings.